The summed E-state index contributed by atoms with van der Waals surface area (Å²) in [5.74, 6) is 0.568. The molecular weight excluding hydrogens is 294 g/mol. The van der Waals surface area contributed by atoms with Gasteiger partial charge in [0.1, 0.15) is 5.76 Å². The van der Waals surface area contributed by atoms with Crippen LogP contribution < -0.4 is 5.32 Å². The standard InChI is InChI=1S/C13H23N3O4S/c1-4-16(5-2)21(18,19)10-8-14-13(17)15(3)11-12-7-6-9-20-12/h6-7,9H,4-5,8,10-11H2,1-3H3,(H,14,17). The number of furan rings is 1. The van der Waals surface area contributed by atoms with Crippen molar-refractivity contribution in [2.75, 3.05) is 32.4 Å². The van der Waals surface area contributed by atoms with Crippen molar-refractivity contribution in [3.8, 4) is 0 Å². The van der Waals surface area contributed by atoms with Crippen LogP contribution in [-0.4, -0.2) is 56.1 Å². The van der Waals surface area contributed by atoms with Crippen LogP contribution >= 0.6 is 0 Å². The maximum atomic E-state index is 11.9. The quantitative estimate of drug-likeness (QED) is 0.778. The molecule has 1 heterocycles. The number of nitrogens with zero attached hydrogens (tertiary/aromatic N) is 2. The molecule has 0 aromatic carbocycles. The largest absolute Gasteiger partial charge is 0.467 e. The minimum Gasteiger partial charge on any atom is -0.467 e. The highest BCUT2D eigenvalue weighted by Crippen LogP contribution is 2.04. The summed E-state index contributed by atoms with van der Waals surface area (Å²) in [6, 6.07) is 3.19. The van der Waals surface area contributed by atoms with Gasteiger partial charge in [0.25, 0.3) is 0 Å². The molecule has 1 aromatic heterocycles. The van der Waals surface area contributed by atoms with Gasteiger partial charge in [-0.05, 0) is 12.1 Å². The number of rotatable bonds is 8. The molecule has 0 fully saturated rings. The summed E-state index contributed by atoms with van der Waals surface area (Å²) in [6.07, 6.45) is 1.54. The van der Waals surface area contributed by atoms with Crippen LogP contribution in [0.1, 0.15) is 19.6 Å². The van der Waals surface area contributed by atoms with E-state index in [9.17, 15) is 13.2 Å². The van der Waals surface area contributed by atoms with Gasteiger partial charge in [0, 0.05) is 26.7 Å². The summed E-state index contributed by atoms with van der Waals surface area (Å²) in [7, 11) is -1.69. The summed E-state index contributed by atoms with van der Waals surface area (Å²) < 4.78 is 30.4. The lowest BCUT2D eigenvalue weighted by Gasteiger charge is -2.20. The Morgan fingerprint density at radius 2 is 2.00 bits per heavy atom. The Morgan fingerprint density at radius 3 is 2.52 bits per heavy atom. The topological polar surface area (TPSA) is 82.9 Å². The molecule has 2 amide bonds. The fourth-order valence-corrected chi connectivity index (χ4v) is 3.28. The first-order valence-electron chi connectivity index (χ1n) is 6.89. The highest BCUT2D eigenvalue weighted by atomic mass is 32.2. The predicted molar refractivity (Wildman–Crippen MR) is 80.3 cm³/mol. The van der Waals surface area contributed by atoms with E-state index in [1.807, 2.05) is 0 Å². The van der Waals surface area contributed by atoms with E-state index >= 15 is 0 Å². The first-order chi connectivity index (χ1) is 9.90. The Kier molecular flexibility index (Phi) is 6.70. The lowest BCUT2D eigenvalue weighted by atomic mass is 10.4. The predicted octanol–water partition coefficient (Wildman–Crippen LogP) is 1.09. The van der Waals surface area contributed by atoms with Gasteiger partial charge in [-0.3, -0.25) is 0 Å². The van der Waals surface area contributed by atoms with Gasteiger partial charge in [0.15, 0.2) is 0 Å². The van der Waals surface area contributed by atoms with Gasteiger partial charge in [0.05, 0.1) is 18.6 Å². The SMILES string of the molecule is CCN(CC)S(=O)(=O)CCNC(=O)N(C)Cc1ccco1. The van der Waals surface area contributed by atoms with Crippen molar-refractivity contribution >= 4 is 16.1 Å². The fourth-order valence-electron chi connectivity index (χ4n) is 1.88. The van der Waals surface area contributed by atoms with E-state index in [1.165, 1.54) is 15.5 Å². The molecule has 0 aliphatic rings. The number of carbonyl (C=O) groups is 1. The molecule has 1 aromatic rings. The van der Waals surface area contributed by atoms with Gasteiger partial charge in [-0.25, -0.2) is 17.5 Å². The first kappa shape index (κ1) is 17.5. The van der Waals surface area contributed by atoms with E-state index in [1.54, 1.807) is 33.0 Å². The minimum atomic E-state index is -3.31. The number of carbonyl (C=O) groups excluding carboxylic acids is 1. The molecule has 7 nitrogen and oxygen atoms in total. The van der Waals surface area contributed by atoms with Crippen LogP contribution in [0.2, 0.25) is 0 Å². The maximum absolute atomic E-state index is 11.9. The molecule has 0 saturated heterocycles. The molecule has 120 valence electrons. The third kappa shape index (κ3) is 5.39. The van der Waals surface area contributed by atoms with Crippen LogP contribution in [0.15, 0.2) is 22.8 Å². The van der Waals surface area contributed by atoms with Gasteiger partial charge in [0.2, 0.25) is 10.0 Å². The lowest BCUT2D eigenvalue weighted by Crippen LogP contribution is -2.41. The number of amides is 2. The molecule has 0 saturated carbocycles. The van der Waals surface area contributed by atoms with Crippen molar-refractivity contribution < 1.29 is 17.6 Å². The zero-order chi connectivity index (χ0) is 15.9. The second-order valence-corrected chi connectivity index (χ2v) is 6.66. The highest BCUT2D eigenvalue weighted by Gasteiger charge is 2.19. The molecule has 0 atom stereocenters. The molecule has 0 bridgehead atoms. The lowest BCUT2D eigenvalue weighted by molar-refractivity contribution is 0.203. The zero-order valence-corrected chi connectivity index (χ0v) is 13.5. The van der Waals surface area contributed by atoms with Crippen molar-refractivity contribution in [2.24, 2.45) is 0 Å². The third-order valence-electron chi connectivity index (χ3n) is 3.05. The van der Waals surface area contributed by atoms with Crippen LogP contribution in [0, 0.1) is 0 Å². The van der Waals surface area contributed by atoms with E-state index in [2.05, 4.69) is 5.32 Å². The normalized spacial score (nSPS) is 11.6. The molecule has 1 rings (SSSR count). The van der Waals surface area contributed by atoms with Crippen LogP contribution in [0.25, 0.3) is 0 Å². The van der Waals surface area contributed by atoms with Crippen molar-refractivity contribution in [1.29, 1.82) is 0 Å². The minimum absolute atomic E-state index is 0.0835. The Hall–Kier alpha value is -1.54. The van der Waals surface area contributed by atoms with E-state index in [4.69, 9.17) is 4.42 Å². The number of hydrogen-bond acceptors (Lipinski definition) is 4. The number of sulfonamides is 1. The third-order valence-corrected chi connectivity index (χ3v) is 5.08. The van der Waals surface area contributed by atoms with Crippen LogP contribution in [0.3, 0.4) is 0 Å². The second kappa shape index (κ2) is 8.04. The maximum Gasteiger partial charge on any atom is 0.317 e. The van der Waals surface area contributed by atoms with Crippen LogP contribution in [0.5, 0.6) is 0 Å². The first-order valence-corrected chi connectivity index (χ1v) is 8.50. The summed E-state index contributed by atoms with van der Waals surface area (Å²) >= 11 is 0. The molecule has 0 radical (unpaired) electrons. The number of nitrogens with one attached hydrogen (secondary N) is 1. The Morgan fingerprint density at radius 1 is 1.33 bits per heavy atom. The Balaban J connectivity index is 2.39. The van der Waals surface area contributed by atoms with Gasteiger partial charge >= 0.3 is 6.03 Å². The fraction of sp³-hybridized carbons (Fsp3) is 0.615. The van der Waals surface area contributed by atoms with Crippen LogP contribution in [-0.2, 0) is 16.6 Å². The van der Waals surface area contributed by atoms with E-state index < -0.39 is 10.0 Å². The monoisotopic (exact) mass is 317 g/mol. The number of urea groups is 1. The number of hydrogen-bond donors (Lipinski definition) is 1. The average molecular weight is 317 g/mol. The van der Waals surface area contributed by atoms with E-state index in [0.717, 1.165) is 0 Å². The molecule has 0 spiro atoms. The van der Waals surface area contributed by atoms with Gasteiger partial charge < -0.3 is 14.6 Å². The summed E-state index contributed by atoms with van der Waals surface area (Å²) in [6.45, 7) is 4.87. The molecule has 1 N–H and O–H groups in total. The molecular formula is C13H23N3O4S. The van der Waals surface area contributed by atoms with Crippen molar-refractivity contribution in [1.82, 2.24) is 14.5 Å². The summed E-state index contributed by atoms with van der Waals surface area (Å²) in [4.78, 5) is 13.3. The van der Waals surface area contributed by atoms with Gasteiger partial charge in [-0.1, -0.05) is 13.8 Å². The molecule has 0 aliphatic heterocycles. The molecule has 0 unspecified atom stereocenters. The Labute approximate surface area is 126 Å². The van der Waals surface area contributed by atoms with Gasteiger partial charge in [-0.15, -0.1) is 0 Å². The summed E-state index contributed by atoms with van der Waals surface area (Å²) in [5, 5.41) is 2.59. The highest BCUT2D eigenvalue weighted by molar-refractivity contribution is 7.89. The van der Waals surface area contributed by atoms with Crippen molar-refractivity contribution in [2.45, 2.75) is 20.4 Å². The molecule has 0 aliphatic carbocycles. The Bertz CT molecular complexity index is 524. The van der Waals surface area contributed by atoms with Crippen molar-refractivity contribution in [3.05, 3.63) is 24.2 Å². The smallest absolute Gasteiger partial charge is 0.317 e. The van der Waals surface area contributed by atoms with Crippen LogP contribution in [0.4, 0.5) is 4.79 Å². The zero-order valence-electron chi connectivity index (χ0n) is 12.7. The van der Waals surface area contributed by atoms with E-state index in [-0.39, 0.29) is 18.3 Å². The second-order valence-electron chi connectivity index (χ2n) is 4.57. The average Bonchev–Trinajstić information content (AvgIpc) is 2.92. The van der Waals surface area contributed by atoms with Crippen molar-refractivity contribution in [3.63, 3.8) is 0 Å². The van der Waals surface area contributed by atoms with Gasteiger partial charge in [-0.2, -0.15) is 0 Å². The summed E-state index contributed by atoms with van der Waals surface area (Å²) in [5.41, 5.74) is 0. The molecule has 8 heteroatoms. The van der Waals surface area contributed by atoms with E-state index in [0.29, 0.717) is 25.4 Å². The molecule has 21 heavy (non-hydrogen) atoms.